The molecule has 9 nitrogen and oxygen atoms in total. The second-order valence-electron chi connectivity index (χ2n) is 7.59. The van der Waals surface area contributed by atoms with Gasteiger partial charge in [0.25, 0.3) is 0 Å². The van der Waals surface area contributed by atoms with E-state index in [1.165, 1.54) is 0 Å². The summed E-state index contributed by atoms with van der Waals surface area (Å²) in [6.07, 6.45) is 3.70. The smallest absolute Gasteiger partial charge is 0.139 e. The number of nitrogens with two attached hydrogens (primary N) is 1. The van der Waals surface area contributed by atoms with E-state index in [4.69, 9.17) is 15.5 Å². The molecule has 0 spiro atoms. The lowest BCUT2D eigenvalue weighted by Crippen LogP contribution is -2.35. The molecule has 0 saturated carbocycles. The Morgan fingerprint density at radius 3 is 2.61 bits per heavy atom. The Labute approximate surface area is 182 Å². The molecule has 0 aromatic carbocycles. The van der Waals surface area contributed by atoms with Crippen LogP contribution in [0.25, 0.3) is 11.3 Å². The quantitative estimate of drug-likeness (QED) is 0.554. The van der Waals surface area contributed by atoms with Crippen LogP contribution >= 0.6 is 0 Å². The highest BCUT2D eigenvalue weighted by molar-refractivity contribution is 5.78. The van der Waals surface area contributed by atoms with Gasteiger partial charge in [0.1, 0.15) is 17.5 Å². The lowest BCUT2D eigenvalue weighted by molar-refractivity contribution is 0.0341. The number of rotatable bonds is 6. The standard InChI is InChI=1S/C22H28N8O/c1-14-19(24-3)9-17(12-25-14)29-22-18(20-10-21(23)28-15(2)27-20)8-16(11-26-22)13-30-4-6-31-7-5-30/h8-12,24H,4-7,13H2,1-3H3,(H,26,29)(H2,23,27,28). The number of anilines is 4. The molecule has 0 atom stereocenters. The second-order valence-corrected chi connectivity index (χ2v) is 7.59. The largest absolute Gasteiger partial charge is 0.387 e. The van der Waals surface area contributed by atoms with Crippen LogP contribution in [-0.2, 0) is 11.3 Å². The summed E-state index contributed by atoms with van der Waals surface area (Å²) in [5.41, 5.74) is 11.4. The van der Waals surface area contributed by atoms with Crippen LogP contribution < -0.4 is 16.4 Å². The monoisotopic (exact) mass is 420 g/mol. The van der Waals surface area contributed by atoms with Crippen LogP contribution in [0.2, 0.25) is 0 Å². The van der Waals surface area contributed by atoms with E-state index in [1.807, 2.05) is 33.2 Å². The Hall–Kier alpha value is -3.30. The molecule has 1 saturated heterocycles. The summed E-state index contributed by atoms with van der Waals surface area (Å²) in [5.74, 6) is 1.74. The molecule has 162 valence electrons. The molecule has 0 unspecified atom stereocenters. The van der Waals surface area contributed by atoms with Crippen LogP contribution in [0.4, 0.5) is 23.0 Å². The average Bonchev–Trinajstić information content (AvgIpc) is 2.76. The van der Waals surface area contributed by atoms with Crippen LogP contribution in [0.5, 0.6) is 0 Å². The average molecular weight is 421 g/mol. The summed E-state index contributed by atoms with van der Waals surface area (Å²) in [5, 5.41) is 6.56. The number of pyridine rings is 2. The topological polar surface area (TPSA) is 114 Å². The number of nitrogens with one attached hydrogen (secondary N) is 2. The number of nitrogen functional groups attached to an aromatic ring is 1. The van der Waals surface area contributed by atoms with Gasteiger partial charge >= 0.3 is 0 Å². The summed E-state index contributed by atoms with van der Waals surface area (Å²) in [4.78, 5) is 20.4. The minimum absolute atomic E-state index is 0.432. The Bertz CT molecular complexity index is 1050. The first-order valence-electron chi connectivity index (χ1n) is 10.3. The lowest BCUT2D eigenvalue weighted by atomic mass is 10.1. The zero-order valence-electron chi connectivity index (χ0n) is 18.1. The zero-order chi connectivity index (χ0) is 21.8. The Balaban J connectivity index is 1.71. The highest BCUT2D eigenvalue weighted by Gasteiger charge is 2.16. The van der Waals surface area contributed by atoms with Crippen LogP contribution in [0.15, 0.2) is 30.6 Å². The van der Waals surface area contributed by atoms with Gasteiger partial charge in [0.2, 0.25) is 0 Å². The van der Waals surface area contributed by atoms with Gasteiger partial charge in [-0.25, -0.2) is 15.0 Å². The number of hydrogen-bond acceptors (Lipinski definition) is 9. The van der Waals surface area contributed by atoms with Crippen LogP contribution in [0.3, 0.4) is 0 Å². The van der Waals surface area contributed by atoms with E-state index in [0.717, 1.165) is 66.7 Å². The molecule has 1 aliphatic rings. The molecule has 0 amide bonds. The van der Waals surface area contributed by atoms with Crippen molar-refractivity contribution in [2.24, 2.45) is 0 Å². The summed E-state index contributed by atoms with van der Waals surface area (Å²) < 4.78 is 5.46. The minimum atomic E-state index is 0.432. The number of hydrogen-bond donors (Lipinski definition) is 3. The fraction of sp³-hybridized carbons (Fsp3) is 0.364. The first-order valence-corrected chi connectivity index (χ1v) is 10.3. The normalized spacial score (nSPS) is 14.4. The van der Waals surface area contributed by atoms with Gasteiger partial charge in [0.15, 0.2) is 0 Å². The van der Waals surface area contributed by atoms with E-state index in [1.54, 1.807) is 12.3 Å². The number of aromatic nitrogens is 4. The van der Waals surface area contributed by atoms with E-state index in [0.29, 0.717) is 17.5 Å². The highest BCUT2D eigenvalue weighted by Crippen LogP contribution is 2.30. The Kier molecular flexibility index (Phi) is 6.24. The number of ether oxygens (including phenoxy) is 1. The molecule has 4 rings (SSSR count). The maximum absolute atomic E-state index is 6.01. The molecule has 3 aromatic rings. The van der Waals surface area contributed by atoms with E-state index in [2.05, 4.69) is 36.6 Å². The van der Waals surface area contributed by atoms with Crippen molar-refractivity contribution < 1.29 is 4.74 Å². The van der Waals surface area contributed by atoms with Gasteiger partial charge in [-0.3, -0.25) is 9.88 Å². The third kappa shape index (κ3) is 5.07. The molecule has 0 radical (unpaired) electrons. The van der Waals surface area contributed by atoms with Gasteiger partial charge in [0, 0.05) is 44.5 Å². The van der Waals surface area contributed by atoms with Crippen molar-refractivity contribution in [3.8, 4) is 11.3 Å². The molecule has 0 bridgehead atoms. The molecule has 4 N–H and O–H groups in total. The number of morpholine rings is 1. The van der Waals surface area contributed by atoms with Crippen molar-refractivity contribution in [2.75, 3.05) is 49.7 Å². The first kappa shape index (κ1) is 21.0. The fourth-order valence-corrected chi connectivity index (χ4v) is 3.63. The number of aryl methyl sites for hydroxylation is 2. The maximum atomic E-state index is 6.01. The van der Waals surface area contributed by atoms with Crippen molar-refractivity contribution >= 4 is 23.0 Å². The third-order valence-corrected chi connectivity index (χ3v) is 5.21. The molecule has 1 fully saturated rings. The van der Waals surface area contributed by atoms with E-state index in [-0.39, 0.29) is 0 Å². The van der Waals surface area contributed by atoms with Gasteiger partial charge in [-0.1, -0.05) is 0 Å². The minimum Gasteiger partial charge on any atom is -0.387 e. The summed E-state index contributed by atoms with van der Waals surface area (Å²) in [6.45, 7) is 7.95. The van der Waals surface area contributed by atoms with Crippen LogP contribution in [-0.4, -0.2) is 58.2 Å². The van der Waals surface area contributed by atoms with Gasteiger partial charge in [-0.15, -0.1) is 0 Å². The molecule has 9 heteroatoms. The number of nitrogens with zero attached hydrogens (tertiary/aromatic N) is 5. The van der Waals surface area contributed by atoms with Crippen molar-refractivity contribution in [1.29, 1.82) is 0 Å². The molecule has 4 heterocycles. The van der Waals surface area contributed by atoms with E-state index < -0.39 is 0 Å². The Morgan fingerprint density at radius 2 is 1.87 bits per heavy atom. The van der Waals surface area contributed by atoms with Crippen molar-refractivity contribution in [2.45, 2.75) is 20.4 Å². The third-order valence-electron chi connectivity index (χ3n) is 5.21. The van der Waals surface area contributed by atoms with Crippen molar-refractivity contribution in [3.63, 3.8) is 0 Å². The fourth-order valence-electron chi connectivity index (χ4n) is 3.63. The second kappa shape index (κ2) is 9.23. The summed E-state index contributed by atoms with van der Waals surface area (Å²) in [7, 11) is 1.88. The van der Waals surface area contributed by atoms with Crippen LogP contribution in [0, 0.1) is 13.8 Å². The van der Waals surface area contributed by atoms with Gasteiger partial charge in [-0.2, -0.15) is 0 Å². The van der Waals surface area contributed by atoms with E-state index >= 15 is 0 Å². The zero-order valence-corrected chi connectivity index (χ0v) is 18.1. The first-order chi connectivity index (χ1) is 15.0. The summed E-state index contributed by atoms with van der Waals surface area (Å²) in [6, 6.07) is 5.90. The van der Waals surface area contributed by atoms with E-state index in [9.17, 15) is 0 Å². The molecule has 0 aliphatic carbocycles. The van der Waals surface area contributed by atoms with Gasteiger partial charge in [0.05, 0.1) is 42.2 Å². The molecular weight excluding hydrogens is 392 g/mol. The molecular formula is C22H28N8O. The predicted molar refractivity (Wildman–Crippen MR) is 122 cm³/mol. The molecule has 31 heavy (non-hydrogen) atoms. The lowest BCUT2D eigenvalue weighted by Gasteiger charge is -2.26. The molecule has 3 aromatic heterocycles. The van der Waals surface area contributed by atoms with Crippen molar-refractivity contribution in [1.82, 2.24) is 24.8 Å². The Morgan fingerprint density at radius 1 is 1.06 bits per heavy atom. The highest BCUT2D eigenvalue weighted by atomic mass is 16.5. The molecule has 1 aliphatic heterocycles. The SMILES string of the molecule is CNc1cc(Nc2ncc(CN3CCOCC3)cc2-c2cc(N)nc(C)n2)cnc1C. The summed E-state index contributed by atoms with van der Waals surface area (Å²) >= 11 is 0. The van der Waals surface area contributed by atoms with Gasteiger partial charge < -0.3 is 21.1 Å². The maximum Gasteiger partial charge on any atom is 0.139 e. The van der Waals surface area contributed by atoms with Crippen LogP contribution in [0.1, 0.15) is 17.1 Å². The van der Waals surface area contributed by atoms with Crippen molar-refractivity contribution in [3.05, 3.63) is 47.7 Å². The van der Waals surface area contributed by atoms with Gasteiger partial charge in [-0.05, 0) is 31.5 Å². The predicted octanol–water partition coefficient (Wildman–Crippen LogP) is 2.75.